The predicted octanol–water partition coefficient (Wildman–Crippen LogP) is -0.789. The molecule has 6 N–H and O–H groups in total. The fourth-order valence-electron chi connectivity index (χ4n) is 0. The molecule has 0 aliphatic heterocycles. The smallest absolute Gasteiger partial charge is 0.0402 e. The summed E-state index contributed by atoms with van der Waals surface area (Å²) in [4.78, 5) is 0. The van der Waals surface area contributed by atoms with E-state index in [2.05, 4.69) is 0 Å². The molecular formula is C10H32O6. The number of hydrogen-bond acceptors (Lipinski definition) is 6. The molecular weight excluding hydrogens is 216 g/mol. The van der Waals surface area contributed by atoms with Gasteiger partial charge in [-0.3, -0.25) is 0 Å². The standard InChI is InChI=1S/4C2H6O.2CH4O/c4*1-2-3;2*1-2/h4*3H,2H2,1H3;2*2H,1H3. The van der Waals surface area contributed by atoms with E-state index in [1.165, 1.54) is 0 Å². The molecule has 0 radical (unpaired) electrons. The fourth-order valence-corrected chi connectivity index (χ4v) is 0. The Labute approximate surface area is 99.8 Å². The normalized spacial score (nSPS) is 5.25. The summed E-state index contributed by atoms with van der Waals surface area (Å²) in [7, 11) is 2.00. The summed E-state index contributed by atoms with van der Waals surface area (Å²) in [5.41, 5.74) is 0. The molecule has 108 valence electrons. The summed E-state index contributed by atoms with van der Waals surface area (Å²) in [5.74, 6) is 0. The summed E-state index contributed by atoms with van der Waals surface area (Å²) in [5, 5.41) is 44.3. The van der Waals surface area contributed by atoms with Gasteiger partial charge in [-0.2, -0.15) is 0 Å². The number of aliphatic hydroxyl groups excluding tert-OH is 6. The van der Waals surface area contributed by atoms with Crippen LogP contribution in [0.3, 0.4) is 0 Å². The van der Waals surface area contributed by atoms with Gasteiger partial charge in [0.1, 0.15) is 0 Å². The van der Waals surface area contributed by atoms with Crippen molar-refractivity contribution in [2.24, 2.45) is 0 Å². The molecule has 6 nitrogen and oxygen atoms in total. The second-order valence-electron chi connectivity index (χ2n) is 1.26. The molecule has 0 bridgehead atoms. The van der Waals surface area contributed by atoms with E-state index < -0.39 is 0 Å². The van der Waals surface area contributed by atoms with Crippen LogP contribution in [0.4, 0.5) is 0 Å². The van der Waals surface area contributed by atoms with Crippen molar-refractivity contribution in [1.82, 2.24) is 0 Å². The van der Waals surface area contributed by atoms with Crippen molar-refractivity contribution in [3.63, 3.8) is 0 Å². The van der Waals surface area contributed by atoms with Crippen molar-refractivity contribution in [3.05, 3.63) is 0 Å². The van der Waals surface area contributed by atoms with Crippen molar-refractivity contribution in [2.75, 3.05) is 40.6 Å². The second kappa shape index (κ2) is 198. The zero-order valence-electron chi connectivity index (χ0n) is 11.5. The number of hydrogen-bond donors (Lipinski definition) is 6. The zero-order chi connectivity index (χ0) is 14.8. The van der Waals surface area contributed by atoms with Crippen LogP contribution in [-0.4, -0.2) is 71.3 Å². The quantitative estimate of drug-likeness (QED) is 0.334. The molecule has 0 atom stereocenters. The molecule has 0 aliphatic carbocycles. The Morgan fingerprint density at radius 1 is 0.438 bits per heavy atom. The first-order valence-corrected chi connectivity index (χ1v) is 4.99. The zero-order valence-corrected chi connectivity index (χ0v) is 11.5. The van der Waals surface area contributed by atoms with E-state index in [0.717, 1.165) is 14.2 Å². The molecule has 0 saturated heterocycles. The first-order chi connectivity index (χ1) is 7.66. The topological polar surface area (TPSA) is 121 Å². The summed E-state index contributed by atoms with van der Waals surface area (Å²) in [6.45, 7) is 7.72. The molecule has 0 heterocycles. The third-order valence-electron chi connectivity index (χ3n) is 0. The summed E-state index contributed by atoms with van der Waals surface area (Å²) in [6, 6.07) is 0. The van der Waals surface area contributed by atoms with Gasteiger partial charge in [0.2, 0.25) is 0 Å². The van der Waals surface area contributed by atoms with E-state index in [0.29, 0.717) is 0 Å². The highest BCUT2D eigenvalue weighted by Gasteiger charge is 1.35. The maximum Gasteiger partial charge on any atom is 0.0402 e. The molecule has 0 aromatic carbocycles. The van der Waals surface area contributed by atoms with Crippen molar-refractivity contribution in [2.45, 2.75) is 27.7 Å². The minimum absolute atomic E-state index is 0.250. The molecule has 0 aromatic heterocycles. The first kappa shape index (κ1) is 36.0. The molecule has 0 spiro atoms. The number of rotatable bonds is 0. The highest BCUT2D eigenvalue weighted by molar-refractivity contribution is 3.84. The Kier molecular flexibility index (Phi) is 445. The summed E-state index contributed by atoms with van der Waals surface area (Å²) < 4.78 is 0. The Morgan fingerprint density at radius 2 is 0.438 bits per heavy atom. The molecule has 0 saturated carbocycles. The second-order valence-corrected chi connectivity index (χ2v) is 1.26. The van der Waals surface area contributed by atoms with Gasteiger partial charge in [-0.15, -0.1) is 0 Å². The van der Waals surface area contributed by atoms with Gasteiger partial charge in [0.25, 0.3) is 0 Å². The van der Waals surface area contributed by atoms with Crippen molar-refractivity contribution >= 4 is 0 Å². The SMILES string of the molecule is CCO.CCO.CCO.CCO.CO.CO. The van der Waals surface area contributed by atoms with Crippen LogP contribution in [-0.2, 0) is 0 Å². The minimum Gasteiger partial charge on any atom is -0.400 e. The van der Waals surface area contributed by atoms with Gasteiger partial charge in [-0.25, -0.2) is 0 Å². The first-order valence-electron chi connectivity index (χ1n) is 4.99. The van der Waals surface area contributed by atoms with Crippen LogP contribution in [0.15, 0.2) is 0 Å². The Hall–Kier alpha value is -0.240. The van der Waals surface area contributed by atoms with Gasteiger partial charge >= 0.3 is 0 Å². The van der Waals surface area contributed by atoms with Gasteiger partial charge in [-0.05, 0) is 27.7 Å². The maximum absolute atomic E-state index is 7.57. The molecule has 0 rings (SSSR count). The molecule has 0 aliphatic rings. The van der Waals surface area contributed by atoms with Crippen LogP contribution >= 0.6 is 0 Å². The van der Waals surface area contributed by atoms with Gasteiger partial charge < -0.3 is 30.6 Å². The van der Waals surface area contributed by atoms with Crippen molar-refractivity contribution in [3.8, 4) is 0 Å². The molecule has 0 aromatic rings. The lowest BCUT2D eigenvalue weighted by Gasteiger charge is -1.52. The lowest BCUT2D eigenvalue weighted by molar-refractivity contribution is 0.318. The molecule has 0 fully saturated rings. The van der Waals surface area contributed by atoms with Crippen LogP contribution in [0.5, 0.6) is 0 Å². The van der Waals surface area contributed by atoms with E-state index in [4.69, 9.17) is 30.6 Å². The van der Waals surface area contributed by atoms with E-state index >= 15 is 0 Å². The molecule has 6 heteroatoms. The predicted molar refractivity (Wildman–Crippen MR) is 67.3 cm³/mol. The Bertz CT molecular complexity index is 23.3. The van der Waals surface area contributed by atoms with Crippen LogP contribution in [0.2, 0.25) is 0 Å². The van der Waals surface area contributed by atoms with Gasteiger partial charge in [0.15, 0.2) is 0 Å². The van der Waals surface area contributed by atoms with Crippen LogP contribution in [0, 0.1) is 0 Å². The highest BCUT2D eigenvalue weighted by Crippen LogP contribution is 1.31. The average molecular weight is 248 g/mol. The largest absolute Gasteiger partial charge is 0.400 e. The highest BCUT2D eigenvalue weighted by atomic mass is 16.3. The van der Waals surface area contributed by atoms with Gasteiger partial charge in [0, 0.05) is 40.6 Å². The molecule has 0 amide bonds. The van der Waals surface area contributed by atoms with Crippen molar-refractivity contribution in [1.29, 1.82) is 0 Å². The lowest BCUT2D eigenvalue weighted by atomic mass is 10.9. The third kappa shape index (κ3) is 38900. The van der Waals surface area contributed by atoms with Crippen LogP contribution < -0.4 is 0 Å². The lowest BCUT2D eigenvalue weighted by Crippen LogP contribution is -1.57. The maximum atomic E-state index is 7.57. The monoisotopic (exact) mass is 248 g/mol. The minimum atomic E-state index is 0.250. The molecule has 16 heavy (non-hydrogen) atoms. The van der Waals surface area contributed by atoms with Crippen molar-refractivity contribution < 1.29 is 30.6 Å². The van der Waals surface area contributed by atoms with Crippen LogP contribution in [0.1, 0.15) is 27.7 Å². The van der Waals surface area contributed by atoms with E-state index in [9.17, 15) is 0 Å². The number of aliphatic hydroxyl groups is 6. The Morgan fingerprint density at radius 3 is 0.438 bits per heavy atom. The summed E-state index contributed by atoms with van der Waals surface area (Å²) in [6.07, 6.45) is 0. The van der Waals surface area contributed by atoms with Gasteiger partial charge in [-0.1, -0.05) is 0 Å². The fraction of sp³-hybridized carbons (Fsp3) is 1.00. The third-order valence-corrected chi connectivity index (χ3v) is 0. The van der Waals surface area contributed by atoms with Gasteiger partial charge in [0.05, 0.1) is 0 Å². The van der Waals surface area contributed by atoms with Crippen LogP contribution in [0.25, 0.3) is 0 Å². The van der Waals surface area contributed by atoms with E-state index in [1.807, 2.05) is 0 Å². The van der Waals surface area contributed by atoms with E-state index in [-0.39, 0.29) is 26.4 Å². The Balaban J connectivity index is -0.0000000190. The molecule has 0 unspecified atom stereocenters. The summed E-state index contributed by atoms with van der Waals surface area (Å²) >= 11 is 0. The average Bonchev–Trinajstić information content (AvgIpc) is 2.27. The van der Waals surface area contributed by atoms with E-state index in [1.54, 1.807) is 27.7 Å².